The third-order valence-corrected chi connectivity index (χ3v) is 3.38. The van der Waals surface area contributed by atoms with Gasteiger partial charge in [0.05, 0.1) is 0 Å². The van der Waals surface area contributed by atoms with E-state index in [2.05, 4.69) is 4.90 Å². The molecule has 1 aliphatic carbocycles. The lowest BCUT2D eigenvalue weighted by Crippen LogP contribution is -2.29. The normalized spacial score (nSPS) is 16.4. The Hall–Kier alpha value is -1.09. The second-order valence-electron chi connectivity index (χ2n) is 4.80. The number of benzene rings is 1. The lowest BCUT2D eigenvalue weighted by Gasteiger charge is -2.30. The van der Waals surface area contributed by atoms with Crippen LogP contribution in [0.4, 0.5) is 10.1 Å². The third-order valence-electron chi connectivity index (χ3n) is 3.38. The molecule has 0 aliphatic heterocycles. The number of hydrogen-bond acceptors (Lipinski definition) is 2. The largest absolute Gasteiger partial charge is 0.398 e. The molecule has 0 bridgehead atoms. The number of nitrogens with zero attached hydrogens (tertiary/aromatic N) is 1. The van der Waals surface area contributed by atoms with Crippen molar-refractivity contribution in [1.82, 2.24) is 4.90 Å². The molecule has 1 aromatic rings. The van der Waals surface area contributed by atoms with Crippen molar-refractivity contribution in [3.05, 3.63) is 29.6 Å². The summed E-state index contributed by atoms with van der Waals surface area (Å²) >= 11 is 0. The predicted octanol–water partition coefficient (Wildman–Crippen LogP) is 2.64. The topological polar surface area (TPSA) is 29.3 Å². The van der Waals surface area contributed by atoms with E-state index in [-0.39, 0.29) is 5.82 Å². The number of rotatable bonds is 4. The smallest absolute Gasteiger partial charge is 0.129 e. The summed E-state index contributed by atoms with van der Waals surface area (Å²) in [6.07, 6.45) is 3.98. The Morgan fingerprint density at radius 1 is 1.44 bits per heavy atom. The summed E-state index contributed by atoms with van der Waals surface area (Å²) in [7, 11) is 2.03. The van der Waals surface area contributed by atoms with Crippen molar-refractivity contribution in [2.75, 3.05) is 19.3 Å². The van der Waals surface area contributed by atoms with Crippen molar-refractivity contribution in [1.29, 1.82) is 0 Å². The van der Waals surface area contributed by atoms with E-state index in [0.29, 0.717) is 17.8 Å². The Balaban J connectivity index is 1.96. The van der Waals surface area contributed by atoms with Crippen LogP contribution in [0.1, 0.15) is 24.8 Å². The third kappa shape index (κ3) is 2.53. The quantitative estimate of drug-likeness (QED) is 0.793. The summed E-state index contributed by atoms with van der Waals surface area (Å²) in [5, 5.41) is 0. The van der Waals surface area contributed by atoms with Gasteiger partial charge in [-0.25, -0.2) is 4.39 Å². The molecule has 1 aromatic carbocycles. The summed E-state index contributed by atoms with van der Waals surface area (Å²) in [5.41, 5.74) is 6.97. The molecule has 2 N–H and O–H groups in total. The Morgan fingerprint density at radius 3 is 2.75 bits per heavy atom. The van der Waals surface area contributed by atoms with Crippen LogP contribution < -0.4 is 5.73 Å². The fraction of sp³-hybridized carbons (Fsp3) is 0.538. The molecule has 0 unspecified atom stereocenters. The second-order valence-corrected chi connectivity index (χ2v) is 4.80. The van der Waals surface area contributed by atoms with Gasteiger partial charge >= 0.3 is 0 Å². The number of nitrogens with two attached hydrogens (primary N) is 1. The van der Waals surface area contributed by atoms with E-state index in [4.69, 9.17) is 5.73 Å². The van der Waals surface area contributed by atoms with Crippen LogP contribution in [0.25, 0.3) is 0 Å². The van der Waals surface area contributed by atoms with Gasteiger partial charge in [-0.1, -0.05) is 12.5 Å². The van der Waals surface area contributed by atoms with Gasteiger partial charge in [-0.15, -0.1) is 0 Å². The first-order valence-corrected chi connectivity index (χ1v) is 5.88. The first kappa shape index (κ1) is 11.4. The molecule has 0 spiro atoms. The molecule has 88 valence electrons. The molecule has 1 aliphatic rings. The molecule has 0 amide bonds. The maximum atomic E-state index is 13.5. The minimum absolute atomic E-state index is 0.194. The number of halogens is 1. The lowest BCUT2D eigenvalue weighted by molar-refractivity contribution is 0.199. The Morgan fingerprint density at radius 2 is 2.19 bits per heavy atom. The van der Waals surface area contributed by atoms with Gasteiger partial charge < -0.3 is 10.6 Å². The average molecular weight is 222 g/mol. The minimum Gasteiger partial charge on any atom is -0.398 e. The molecule has 1 fully saturated rings. The molecule has 1 saturated carbocycles. The second kappa shape index (κ2) is 4.83. The van der Waals surface area contributed by atoms with Gasteiger partial charge in [0, 0.05) is 24.3 Å². The van der Waals surface area contributed by atoms with Gasteiger partial charge in [0.15, 0.2) is 0 Å². The van der Waals surface area contributed by atoms with Gasteiger partial charge in [-0.3, -0.25) is 0 Å². The standard InChI is InChI=1S/C13H19FN2/c1-16(8-10-4-2-5-10)9-11-12(14)6-3-7-13(11)15/h3,6-7,10H,2,4-5,8-9,15H2,1H3. The summed E-state index contributed by atoms with van der Waals surface area (Å²) in [4.78, 5) is 2.17. The van der Waals surface area contributed by atoms with Crippen molar-refractivity contribution in [2.24, 2.45) is 5.92 Å². The maximum Gasteiger partial charge on any atom is 0.129 e. The highest BCUT2D eigenvalue weighted by Crippen LogP contribution is 2.27. The van der Waals surface area contributed by atoms with Crippen LogP contribution in [-0.2, 0) is 6.54 Å². The van der Waals surface area contributed by atoms with Crippen molar-refractivity contribution >= 4 is 5.69 Å². The molecule has 0 radical (unpaired) electrons. The van der Waals surface area contributed by atoms with Crippen molar-refractivity contribution < 1.29 is 4.39 Å². The Bertz CT molecular complexity index is 341. The molecule has 0 atom stereocenters. The van der Waals surface area contributed by atoms with Crippen LogP contribution in [0, 0.1) is 11.7 Å². The zero-order valence-electron chi connectivity index (χ0n) is 9.75. The van der Waals surface area contributed by atoms with Gasteiger partial charge in [0.1, 0.15) is 5.82 Å². The van der Waals surface area contributed by atoms with E-state index < -0.39 is 0 Å². The number of nitrogen functional groups attached to an aromatic ring is 1. The summed E-state index contributed by atoms with van der Waals surface area (Å²) < 4.78 is 13.5. The molecule has 0 heterocycles. The van der Waals surface area contributed by atoms with E-state index in [1.807, 2.05) is 7.05 Å². The molecule has 0 aromatic heterocycles. The monoisotopic (exact) mass is 222 g/mol. The highest BCUT2D eigenvalue weighted by atomic mass is 19.1. The lowest BCUT2D eigenvalue weighted by atomic mass is 9.85. The van der Waals surface area contributed by atoms with Crippen LogP contribution in [0.3, 0.4) is 0 Å². The molecular formula is C13H19FN2. The molecule has 0 saturated heterocycles. The molecule has 3 heteroatoms. The molecular weight excluding hydrogens is 203 g/mol. The van der Waals surface area contributed by atoms with Gasteiger partial charge in [0.25, 0.3) is 0 Å². The Kier molecular flexibility index (Phi) is 3.44. The summed E-state index contributed by atoms with van der Waals surface area (Å²) in [6.45, 7) is 1.66. The first-order valence-electron chi connectivity index (χ1n) is 5.88. The minimum atomic E-state index is -0.194. The van der Waals surface area contributed by atoms with Gasteiger partial charge in [-0.2, -0.15) is 0 Å². The van der Waals surface area contributed by atoms with E-state index in [9.17, 15) is 4.39 Å². The number of hydrogen-bond donors (Lipinski definition) is 1. The zero-order valence-corrected chi connectivity index (χ0v) is 9.75. The SMILES string of the molecule is CN(Cc1c(N)cccc1F)CC1CCC1. The number of anilines is 1. The van der Waals surface area contributed by atoms with E-state index in [1.165, 1.54) is 25.3 Å². The van der Waals surface area contributed by atoms with E-state index in [0.717, 1.165) is 12.5 Å². The van der Waals surface area contributed by atoms with Crippen molar-refractivity contribution in [3.63, 3.8) is 0 Å². The molecule has 2 nitrogen and oxygen atoms in total. The Labute approximate surface area is 96.2 Å². The summed E-state index contributed by atoms with van der Waals surface area (Å²) in [6, 6.07) is 4.89. The molecule has 2 rings (SSSR count). The van der Waals surface area contributed by atoms with E-state index in [1.54, 1.807) is 12.1 Å². The highest BCUT2D eigenvalue weighted by Gasteiger charge is 2.19. The maximum absolute atomic E-state index is 13.5. The van der Waals surface area contributed by atoms with Crippen LogP contribution in [0.5, 0.6) is 0 Å². The van der Waals surface area contributed by atoms with Crippen LogP contribution >= 0.6 is 0 Å². The van der Waals surface area contributed by atoms with Crippen LogP contribution in [0.15, 0.2) is 18.2 Å². The predicted molar refractivity (Wildman–Crippen MR) is 64.5 cm³/mol. The first-order chi connectivity index (χ1) is 7.66. The highest BCUT2D eigenvalue weighted by molar-refractivity contribution is 5.47. The average Bonchev–Trinajstić information content (AvgIpc) is 2.18. The molecule has 16 heavy (non-hydrogen) atoms. The zero-order chi connectivity index (χ0) is 11.5. The van der Waals surface area contributed by atoms with Crippen molar-refractivity contribution in [3.8, 4) is 0 Å². The summed E-state index contributed by atoms with van der Waals surface area (Å²) in [5.74, 6) is 0.610. The van der Waals surface area contributed by atoms with E-state index >= 15 is 0 Å². The fourth-order valence-electron chi connectivity index (χ4n) is 2.19. The van der Waals surface area contributed by atoms with Crippen LogP contribution in [-0.4, -0.2) is 18.5 Å². The van der Waals surface area contributed by atoms with Gasteiger partial charge in [0.2, 0.25) is 0 Å². The fourth-order valence-corrected chi connectivity index (χ4v) is 2.19. The van der Waals surface area contributed by atoms with Crippen molar-refractivity contribution in [2.45, 2.75) is 25.8 Å². The van der Waals surface area contributed by atoms with Crippen LogP contribution in [0.2, 0.25) is 0 Å². The van der Waals surface area contributed by atoms with Gasteiger partial charge in [-0.05, 0) is 37.9 Å².